The van der Waals surface area contributed by atoms with E-state index in [2.05, 4.69) is 13.5 Å². The van der Waals surface area contributed by atoms with Crippen molar-refractivity contribution in [3.63, 3.8) is 0 Å². The third kappa shape index (κ3) is 3.75. The molecule has 1 spiro atoms. The molecule has 2 amide bonds. The van der Waals surface area contributed by atoms with Crippen molar-refractivity contribution in [3.05, 3.63) is 12.7 Å². The largest absolute Gasteiger partial charge is 0.481 e. The fraction of sp³-hybridized carbons (Fsp3) is 0.773. The summed E-state index contributed by atoms with van der Waals surface area (Å²) in [6, 6.07) is -0.815. The number of aliphatic carboxylic acids is 1. The van der Waals surface area contributed by atoms with Crippen LogP contribution in [0.2, 0.25) is 0 Å². The number of carbonyl (C=O) groups is 3. The van der Waals surface area contributed by atoms with Gasteiger partial charge in [-0.25, -0.2) is 0 Å². The van der Waals surface area contributed by atoms with Gasteiger partial charge in [-0.1, -0.05) is 25.8 Å². The Bertz CT molecular complexity index is 683. The molecule has 0 aromatic rings. The van der Waals surface area contributed by atoms with Crippen molar-refractivity contribution in [2.24, 2.45) is 11.8 Å². The number of aliphatic hydroxyl groups is 1. The summed E-state index contributed by atoms with van der Waals surface area (Å²) in [5.74, 6) is -3.24. The number of hydrogen-bond donors (Lipinski definition) is 2. The van der Waals surface area contributed by atoms with E-state index in [1.54, 1.807) is 11.0 Å². The Hall–Kier alpha value is -1.93. The molecular weight excluding hydrogens is 388 g/mol. The zero-order chi connectivity index (χ0) is 21.9. The van der Waals surface area contributed by atoms with Gasteiger partial charge < -0.3 is 24.7 Å². The van der Waals surface area contributed by atoms with Crippen LogP contribution in [0.1, 0.15) is 51.9 Å². The van der Waals surface area contributed by atoms with Crippen LogP contribution in [0.15, 0.2) is 12.7 Å². The predicted molar refractivity (Wildman–Crippen MR) is 110 cm³/mol. The number of likely N-dealkylation sites (tertiary alicyclic amines) is 1. The average Bonchev–Trinajstić information content (AvgIpc) is 3.35. The minimum atomic E-state index is -1.06. The minimum Gasteiger partial charge on any atom is -0.481 e. The van der Waals surface area contributed by atoms with E-state index >= 15 is 0 Å². The van der Waals surface area contributed by atoms with Gasteiger partial charge in [0.25, 0.3) is 0 Å². The highest BCUT2D eigenvalue weighted by molar-refractivity contribution is 5.98. The zero-order valence-electron chi connectivity index (χ0n) is 17.8. The standard InChI is InChI=1S/C22H34N2O6/c1-3-5-6-12-23(11-4-2)20(27)18-22-10-9-15(30-22)16(21(28)29)17(22)19(26)24(18)13-7-8-14-25/h4,15-18,25H,2-3,5-14H2,1H3,(H,28,29)/t15-,16+,17+,18?,22?/m1/s1. The number of nitrogens with zero attached hydrogens (tertiary/aromatic N) is 2. The maximum Gasteiger partial charge on any atom is 0.310 e. The highest BCUT2D eigenvalue weighted by Crippen LogP contribution is 2.58. The Morgan fingerprint density at radius 3 is 2.73 bits per heavy atom. The van der Waals surface area contributed by atoms with Crippen molar-refractivity contribution in [3.8, 4) is 0 Å². The second kappa shape index (κ2) is 9.47. The van der Waals surface area contributed by atoms with Crippen molar-refractivity contribution in [1.82, 2.24) is 9.80 Å². The van der Waals surface area contributed by atoms with Gasteiger partial charge in [0, 0.05) is 26.2 Å². The van der Waals surface area contributed by atoms with Crippen molar-refractivity contribution in [2.45, 2.75) is 69.6 Å². The molecule has 3 rings (SSSR count). The summed E-state index contributed by atoms with van der Waals surface area (Å²) in [5, 5.41) is 18.9. The number of carboxylic acid groups (broad SMARTS) is 1. The Kier molecular flexibility index (Phi) is 7.18. The van der Waals surface area contributed by atoms with Crippen LogP contribution in [0.4, 0.5) is 0 Å². The van der Waals surface area contributed by atoms with Crippen molar-refractivity contribution >= 4 is 17.8 Å². The lowest BCUT2D eigenvalue weighted by molar-refractivity contribution is -0.151. The van der Waals surface area contributed by atoms with Crippen LogP contribution in [-0.2, 0) is 19.1 Å². The lowest BCUT2D eigenvalue weighted by atomic mass is 9.70. The SMILES string of the molecule is C=CCN(CCCCC)C(=O)C1N(CCCCO)C(=O)[C@@H]2[C@@H](C(=O)O)[C@H]3CCC12O3. The van der Waals surface area contributed by atoms with Gasteiger partial charge in [0.2, 0.25) is 11.8 Å². The highest BCUT2D eigenvalue weighted by atomic mass is 16.5. The highest BCUT2D eigenvalue weighted by Gasteiger charge is 2.74. The molecule has 30 heavy (non-hydrogen) atoms. The van der Waals surface area contributed by atoms with E-state index in [0.717, 1.165) is 19.3 Å². The van der Waals surface area contributed by atoms with E-state index in [1.807, 2.05) is 0 Å². The van der Waals surface area contributed by atoms with Crippen molar-refractivity contribution in [2.75, 3.05) is 26.2 Å². The monoisotopic (exact) mass is 422 g/mol. The quantitative estimate of drug-likeness (QED) is 0.364. The normalized spacial score (nSPS) is 31.8. The number of carboxylic acids is 1. The minimum absolute atomic E-state index is 0.00511. The Balaban J connectivity index is 1.93. The van der Waals surface area contributed by atoms with Gasteiger partial charge in [-0.05, 0) is 32.1 Å². The molecule has 0 saturated carbocycles. The van der Waals surface area contributed by atoms with Crippen LogP contribution in [0.3, 0.4) is 0 Å². The summed E-state index contributed by atoms with van der Waals surface area (Å²) in [5.41, 5.74) is -1.06. The molecular formula is C22H34N2O6. The number of hydrogen-bond acceptors (Lipinski definition) is 5. The second-order valence-electron chi connectivity index (χ2n) is 8.64. The average molecular weight is 423 g/mol. The molecule has 8 heteroatoms. The van der Waals surface area contributed by atoms with Crippen molar-refractivity contribution in [1.29, 1.82) is 0 Å². The van der Waals surface area contributed by atoms with Crippen LogP contribution < -0.4 is 0 Å². The topological polar surface area (TPSA) is 107 Å². The van der Waals surface area contributed by atoms with Gasteiger partial charge in [-0.2, -0.15) is 0 Å². The second-order valence-corrected chi connectivity index (χ2v) is 8.64. The van der Waals surface area contributed by atoms with E-state index in [4.69, 9.17) is 9.84 Å². The lowest BCUT2D eigenvalue weighted by Gasteiger charge is -2.36. The molecule has 3 aliphatic rings. The Labute approximate surface area is 177 Å². The van der Waals surface area contributed by atoms with Gasteiger partial charge in [0.1, 0.15) is 11.6 Å². The summed E-state index contributed by atoms with van der Waals surface area (Å²) in [4.78, 5) is 42.3. The first-order valence-corrected chi connectivity index (χ1v) is 11.1. The van der Waals surface area contributed by atoms with Gasteiger partial charge in [0.05, 0.1) is 17.9 Å². The van der Waals surface area contributed by atoms with E-state index < -0.39 is 35.6 Å². The molecule has 0 aromatic carbocycles. The zero-order valence-corrected chi connectivity index (χ0v) is 17.8. The molecule has 3 fully saturated rings. The van der Waals surface area contributed by atoms with Gasteiger partial charge in [-0.3, -0.25) is 14.4 Å². The maximum absolute atomic E-state index is 13.7. The van der Waals surface area contributed by atoms with Gasteiger partial charge >= 0.3 is 5.97 Å². The third-order valence-electron chi connectivity index (χ3n) is 6.82. The van der Waals surface area contributed by atoms with Crippen LogP contribution in [0.25, 0.3) is 0 Å². The number of carbonyl (C=O) groups excluding carboxylic acids is 2. The van der Waals surface area contributed by atoms with Crippen LogP contribution in [0, 0.1) is 11.8 Å². The molecule has 168 valence electrons. The van der Waals surface area contributed by atoms with E-state index in [1.165, 1.54) is 4.90 Å². The van der Waals surface area contributed by atoms with E-state index in [0.29, 0.717) is 45.3 Å². The van der Waals surface area contributed by atoms with E-state index in [-0.39, 0.29) is 18.4 Å². The molecule has 0 radical (unpaired) electrons. The van der Waals surface area contributed by atoms with Crippen molar-refractivity contribution < 1.29 is 29.3 Å². The fourth-order valence-electron chi connectivity index (χ4n) is 5.52. The molecule has 3 heterocycles. The summed E-state index contributed by atoms with van der Waals surface area (Å²) in [7, 11) is 0. The van der Waals surface area contributed by atoms with Crippen LogP contribution in [-0.4, -0.2) is 81.8 Å². The Morgan fingerprint density at radius 1 is 1.33 bits per heavy atom. The number of aliphatic hydroxyl groups excluding tert-OH is 1. The molecule has 0 aliphatic carbocycles. The number of ether oxygens (including phenoxy) is 1. The van der Waals surface area contributed by atoms with E-state index in [9.17, 15) is 19.5 Å². The first-order valence-electron chi connectivity index (χ1n) is 11.1. The molecule has 5 atom stereocenters. The summed E-state index contributed by atoms with van der Waals surface area (Å²) in [6.07, 6.45) is 6.18. The summed E-state index contributed by atoms with van der Waals surface area (Å²) >= 11 is 0. The maximum atomic E-state index is 13.7. The predicted octanol–water partition coefficient (Wildman–Crippen LogP) is 1.42. The molecule has 8 nitrogen and oxygen atoms in total. The van der Waals surface area contributed by atoms with Crippen LogP contribution >= 0.6 is 0 Å². The number of fused-ring (bicyclic) bond motifs is 1. The fourth-order valence-corrected chi connectivity index (χ4v) is 5.52. The molecule has 0 aromatic heterocycles. The summed E-state index contributed by atoms with van der Waals surface area (Å²) < 4.78 is 6.19. The van der Waals surface area contributed by atoms with Gasteiger partial charge in [-0.15, -0.1) is 6.58 Å². The number of amides is 2. The smallest absolute Gasteiger partial charge is 0.310 e. The first-order chi connectivity index (χ1) is 14.4. The molecule has 3 aliphatic heterocycles. The third-order valence-corrected chi connectivity index (χ3v) is 6.82. The lowest BCUT2D eigenvalue weighted by Crippen LogP contribution is -2.56. The Morgan fingerprint density at radius 2 is 2.10 bits per heavy atom. The molecule has 3 saturated heterocycles. The van der Waals surface area contributed by atoms with Gasteiger partial charge in [0.15, 0.2) is 0 Å². The molecule has 2 bridgehead atoms. The molecule has 2 N–H and O–H groups in total. The first kappa shape index (κ1) is 22.7. The summed E-state index contributed by atoms with van der Waals surface area (Å²) in [6.45, 7) is 7.13. The number of rotatable bonds is 12. The molecule has 2 unspecified atom stereocenters. The van der Waals surface area contributed by atoms with Crippen LogP contribution in [0.5, 0.6) is 0 Å². The number of unbranched alkanes of at least 4 members (excludes halogenated alkanes) is 3.